The molecule has 9 nitrogen and oxygen atoms in total. The van der Waals surface area contributed by atoms with Crippen LogP contribution < -0.4 is 25.1 Å². The van der Waals surface area contributed by atoms with Crippen LogP contribution in [0.2, 0.25) is 0 Å². The zero-order chi connectivity index (χ0) is 28.9. The van der Waals surface area contributed by atoms with Crippen molar-refractivity contribution in [2.45, 2.75) is 12.1 Å². The van der Waals surface area contributed by atoms with Crippen LogP contribution in [0, 0.1) is 3.95 Å². The van der Waals surface area contributed by atoms with Crippen molar-refractivity contribution in [1.82, 2.24) is 14.1 Å². The number of nitrogens with zero attached hydrogens (tertiary/aromatic N) is 3. The summed E-state index contributed by atoms with van der Waals surface area (Å²) in [5.74, 6) is 1.51. The molecule has 3 aromatic carbocycles. The predicted molar refractivity (Wildman–Crippen MR) is 165 cm³/mol. The third-order valence-electron chi connectivity index (χ3n) is 6.01. The van der Waals surface area contributed by atoms with Crippen LogP contribution in [0.1, 0.15) is 6.92 Å². The number of hydrogen-bond acceptors (Lipinski definition) is 9. The van der Waals surface area contributed by atoms with Crippen molar-refractivity contribution in [3.63, 3.8) is 0 Å². The second-order valence-corrected chi connectivity index (χ2v) is 11.1. The molecule has 0 atom stereocenters. The number of thiazole rings is 1. The molecule has 0 aliphatic rings. The van der Waals surface area contributed by atoms with Gasteiger partial charge >= 0.3 is 0 Å². The van der Waals surface area contributed by atoms with Gasteiger partial charge in [0.2, 0.25) is 5.91 Å². The third kappa shape index (κ3) is 5.99. The van der Waals surface area contributed by atoms with Gasteiger partial charge in [0.05, 0.1) is 38.0 Å². The minimum absolute atomic E-state index is 0.00606. The monoisotopic (exact) mass is 606 g/mol. The summed E-state index contributed by atoms with van der Waals surface area (Å²) >= 11 is 8.03. The van der Waals surface area contributed by atoms with Crippen LogP contribution >= 0.6 is 35.3 Å². The number of ether oxygens (including phenoxy) is 3. The molecule has 0 saturated carbocycles. The Bertz CT molecular complexity index is 1820. The number of hydrogen-bond donors (Lipinski definition) is 1. The van der Waals surface area contributed by atoms with Crippen LogP contribution in [0.25, 0.3) is 21.7 Å². The molecule has 2 heterocycles. The molecule has 0 spiro atoms. The molecule has 0 bridgehead atoms. The van der Waals surface area contributed by atoms with Crippen LogP contribution in [-0.4, -0.2) is 46.6 Å². The molecule has 0 fully saturated rings. The highest BCUT2D eigenvalue weighted by molar-refractivity contribution is 7.99. The molecule has 1 amide bonds. The molecule has 210 valence electrons. The first-order chi connectivity index (χ1) is 19.9. The van der Waals surface area contributed by atoms with Gasteiger partial charge in [-0.15, -0.1) is 0 Å². The Morgan fingerprint density at radius 2 is 1.68 bits per heavy atom. The molecule has 0 saturated heterocycles. The highest BCUT2D eigenvalue weighted by Gasteiger charge is 2.20. The summed E-state index contributed by atoms with van der Waals surface area (Å²) < 4.78 is 20.4. The second kappa shape index (κ2) is 12.6. The quantitative estimate of drug-likeness (QED) is 0.116. The van der Waals surface area contributed by atoms with Gasteiger partial charge in [-0.2, -0.15) is 0 Å². The Labute approximate surface area is 249 Å². The molecular weight excluding hydrogens is 581 g/mol. The lowest BCUT2D eigenvalue weighted by molar-refractivity contribution is -0.113. The van der Waals surface area contributed by atoms with Crippen LogP contribution in [0.15, 0.2) is 82.7 Å². The Hall–Kier alpha value is -4.13. The molecule has 2 aromatic heterocycles. The van der Waals surface area contributed by atoms with Crippen molar-refractivity contribution < 1.29 is 19.0 Å². The van der Waals surface area contributed by atoms with Crippen molar-refractivity contribution in [3.05, 3.63) is 87.1 Å². The van der Waals surface area contributed by atoms with Crippen LogP contribution in [0.5, 0.6) is 17.2 Å². The number of para-hydroxylation sites is 1. The molecule has 12 heteroatoms. The normalized spacial score (nSPS) is 10.9. The number of thioether (sulfide) groups is 1. The topological polar surface area (TPSA) is 96.6 Å². The van der Waals surface area contributed by atoms with Crippen molar-refractivity contribution in [2.24, 2.45) is 0 Å². The van der Waals surface area contributed by atoms with Gasteiger partial charge in [0, 0.05) is 11.8 Å². The largest absolute Gasteiger partial charge is 0.497 e. The fourth-order valence-electron chi connectivity index (χ4n) is 4.14. The zero-order valence-corrected chi connectivity index (χ0v) is 24.9. The first-order valence-corrected chi connectivity index (χ1v) is 14.8. The second-order valence-electron chi connectivity index (χ2n) is 8.56. The number of anilines is 1. The Morgan fingerprint density at radius 1 is 0.976 bits per heavy atom. The average molecular weight is 607 g/mol. The van der Waals surface area contributed by atoms with Gasteiger partial charge in [0.1, 0.15) is 21.9 Å². The van der Waals surface area contributed by atoms with Crippen molar-refractivity contribution in [1.29, 1.82) is 0 Å². The number of methoxy groups -OCH3 is 2. The van der Waals surface area contributed by atoms with E-state index in [1.165, 1.54) is 23.0 Å². The summed E-state index contributed by atoms with van der Waals surface area (Å²) in [5.41, 5.74) is 2.07. The highest BCUT2D eigenvalue weighted by Crippen LogP contribution is 2.31. The van der Waals surface area contributed by atoms with Gasteiger partial charge in [-0.3, -0.25) is 18.7 Å². The summed E-state index contributed by atoms with van der Waals surface area (Å²) in [7, 11) is 3.08. The number of fused-ring (bicyclic) bond motifs is 1. The minimum atomic E-state index is -0.291. The minimum Gasteiger partial charge on any atom is -0.497 e. The summed E-state index contributed by atoms with van der Waals surface area (Å²) in [6, 6.07) is 21.8. The van der Waals surface area contributed by atoms with Gasteiger partial charge in [0.15, 0.2) is 14.8 Å². The number of aromatic nitrogens is 3. The van der Waals surface area contributed by atoms with E-state index < -0.39 is 0 Å². The van der Waals surface area contributed by atoms with Gasteiger partial charge < -0.3 is 19.5 Å². The molecule has 5 aromatic rings. The number of amides is 1. The van der Waals surface area contributed by atoms with Gasteiger partial charge in [-0.05, 0) is 67.7 Å². The molecule has 0 radical (unpaired) electrons. The number of carbonyl (C=O) groups excluding carboxylic acids is 1. The average Bonchev–Trinajstić information content (AvgIpc) is 3.33. The maximum atomic E-state index is 13.9. The smallest absolute Gasteiger partial charge is 0.278 e. The lowest BCUT2D eigenvalue weighted by Gasteiger charge is -2.14. The Kier molecular flexibility index (Phi) is 8.72. The van der Waals surface area contributed by atoms with Crippen molar-refractivity contribution in [2.75, 3.05) is 31.9 Å². The summed E-state index contributed by atoms with van der Waals surface area (Å²) in [6.45, 7) is 2.48. The van der Waals surface area contributed by atoms with E-state index in [0.29, 0.717) is 48.9 Å². The lowest BCUT2D eigenvalue weighted by atomic mass is 10.2. The van der Waals surface area contributed by atoms with Gasteiger partial charge in [0.25, 0.3) is 5.56 Å². The summed E-state index contributed by atoms with van der Waals surface area (Å²) in [5, 5.41) is 3.22. The summed E-state index contributed by atoms with van der Waals surface area (Å²) in [4.78, 5) is 31.8. The van der Waals surface area contributed by atoms with Gasteiger partial charge in [-0.25, -0.2) is 4.98 Å². The number of benzene rings is 3. The maximum Gasteiger partial charge on any atom is 0.278 e. The van der Waals surface area contributed by atoms with E-state index in [1.807, 2.05) is 61.5 Å². The highest BCUT2D eigenvalue weighted by atomic mass is 32.2. The first kappa shape index (κ1) is 28.4. The van der Waals surface area contributed by atoms with Crippen LogP contribution in [-0.2, 0) is 4.79 Å². The van der Waals surface area contributed by atoms with Crippen molar-refractivity contribution in [3.8, 4) is 28.6 Å². The fourth-order valence-corrected chi connectivity index (χ4v) is 6.25. The number of carbonyl (C=O) groups is 1. The molecule has 0 aliphatic heterocycles. The number of nitrogens with one attached hydrogen (secondary N) is 1. The lowest BCUT2D eigenvalue weighted by Crippen LogP contribution is -2.22. The van der Waals surface area contributed by atoms with E-state index in [-0.39, 0.29) is 17.2 Å². The standard InChI is InChI=1S/C29H26N4O5S3/c1-4-38-20-12-10-19(11-13-20)32-26-25(41-29(32)39)27(35)33(18-8-6-5-7-9-18)28(31-26)40-17-24(34)30-22-15-14-21(36-2)16-23(22)37-3/h5-16H,4,17H2,1-3H3,(H,30,34). The third-order valence-corrected chi connectivity index (χ3v) is 8.30. The molecular formula is C29H26N4O5S3. The van der Waals surface area contributed by atoms with E-state index >= 15 is 0 Å². The molecule has 0 aliphatic carbocycles. The van der Waals surface area contributed by atoms with E-state index in [2.05, 4.69) is 5.32 Å². The molecule has 41 heavy (non-hydrogen) atoms. The maximum absolute atomic E-state index is 13.9. The van der Waals surface area contributed by atoms with E-state index in [9.17, 15) is 9.59 Å². The zero-order valence-electron chi connectivity index (χ0n) is 22.5. The Balaban J connectivity index is 1.53. The van der Waals surface area contributed by atoms with E-state index in [4.69, 9.17) is 31.4 Å². The molecule has 1 N–H and O–H groups in total. The number of rotatable bonds is 10. The molecule has 0 unspecified atom stereocenters. The molecule has 5 rings (SSSR count). The van der Waals surface area contributed by atoms with Gasteiger partial charge in [-0.1, -0.05) is 41.3 Å². The van der Waals surface area contributed by atoms with E-state index in [0.717, 1.165) is 23.2 Å². The Morgan fingerprint density at radius 3 is 2.37 bits per heavy atom. The van der Waals surface area contributed by atoms with Crippen LogP contribution in [0.4, 0.5) is 5.69 Å². The first-order valence-electron chi connectivity index (χ1n) is 12.6. The summed E-state index contributed by atoms with van der Waals surface area (Å²) in [6.07, 6.45) is 0. The van der Waals surface area contributed by atoms with Crippen LogP contribution in [0.3, 0.4) is 0 Å². The van der Waals surface area contributed by atoms with E-state index in [1.54, 1.807) is 29.9 Å². The SMILES string of the molecule is CCOc1ccc(-n2c(=S)sc3c(=O)n(-c4ccccc4)c(SCC(=O)Nc4ccc(OC)cc4OC)nc32)cc1. The van der Waals surface area contributed by atoms with Crippen molar-refractivity contribution >= 4 is 57.3 Å². The fraction of sp³-hybridized carbons (Fsp3) is 0.172. The predicted octanol–water partition coefficient (Wildman–Crippen LogP) is 6.11.